The second kappa shape index (κ2) is 7.30. The Morgan fingerprint density at radius 3 is 2.44 bits per heavy atom. The van der Waals surface area contributed by atoms with Crippen LogP contribution in [-0.4, -0.2) is 10.9 Å². The molecule has 0 saturated heterocycles. The quantitative estimate of drug-likeness (QED) is 0.520. The van der Waals surface area contributed by atoms with E-state index in [-0.39, 0.29) is 5.91 Å². The number of nitrogens with one attached hydrogen (secondary N) is 1. The lowest BCUT2D eigenvalue weighted by atomic mass is 10.1. The van der Waals surface area contributed by atoms with Crippen molar-refractivity contribution >= 4 is 22.4 Å². The molecule has 0 aliphatic rings. The largest absolute Gasteiger partial charge is 0.457 e. The maximum absolute atomic E-state index is 12.5. The van der Waals surface area contributed by atoms with Gasteiger partial charge in [0, 0.05) is 29.0 Å². The van der Waals surface area contributed by atoms with E-state index in [0.29, 0.717) is 5.56 Å². The fourth-order valence-electron chi connectivity index (χ4n) is 2.88. The van der Waals surface area contributed by atoms with E-state index in [4.69, 9.17) is 4.74 Å². The van der Waals surface area contributed by atoms with Crippen LogP contribution in [-0.2, 0) is 0 Å². The van der Waals surface area contributed by atoms with E-state index in [0.717, 1.165) is 33.5 Å². The number of anilines is 1. The molecule has 0 atom stereocenters. The van der Waals surface area contributed by atoms with Crippen LogP contribution in [0.25, 0.3) is 10.8 Å². The van der Waals surface area contributed by atoms with Gasteiger partial charge < -0.3 is 10.1 Å². The average Bonchev–Trinajstić information content (AvgIpc) is 2.69. The summed E-state index contributed by atoms with van der Waals surface area (Å²) in [5.41, 5.74) is 2.53. The number of hydrogen-bond acceptors (Lipinski definition) is 3. The molecule has 1 amide bonds. The van der Waals surface area contributed by atoms with E-state index < -0.39 is 0 Å². The van der Waals surface area contributed by atoms with E-state index in [2.05, 4.69) is 10.3 Å². The highest BCUT2D eigenvalue weighted by Gasteiger charge is 2.09. The molecule has 0 radical (unpaired) electrons. The summed E-state index contributed by atoms with van der Waals surface area (Å²) in [6.07, 6.45) is 3.38. The van der Waals surface area contributed by atoms with Crippen molar-refractivity contribution in [3.63, 3.8) is 0 Å². The maximum atomic E-state index is 12.5. The lowest BCUT2D eigenvalue weighted by molar-refractivity contribution is 0.102. The van der Waals surface area contributed by atoms with Crippen molar-refractivity contribution in [2.45, 2.75) is 6.92 Å². The number of amides is 1. The summed E-state index contributed by atoms with van der Waals surface area (Å²) in [7, 11) is 0. The SMILES string of the molecule is Cc1ccc(C(=O)Nc2cccc3cc(Oc4ccncc4)ccc23)cc1. The van der Waals surface area contributed by atoms with E-state index in [1.165, 1.54) is 0 Å². The smallest absolute Gasteiger partial charge is 0.255 e. The Bertz CT molecular complexity index is 1090. The second-order valence-electron chi connectivity index (χ2n) is 6.29. The first-order chi connectivity index (χ1) is 13.2. The van der Waals surface area contributed by atoms with Crippen molar-refractivity contribution in [2.24, 2.45) is 0 Å². The molecule has 0 bridgehead atoms. The molecule has 27 heavy (non-hydrogen) atoms. The van der Waals surface area contributed by atoms with Gasteiger partial charge in [-0.1, -0.05) is 29.8 Å². The number of nitrogens with zero attached hydrogens (tertiary/aromatic N) is 1. The van der Waals surface area contributed by atoms with Gasteiger partial charge in [-0.3, -0.25) is 9.78 Å². The summed E-state index contributed by atoms with van der Waals surface area (Å²) in [4.78, 5) is 16.5. The van der Waals surface area contributed by atoms with Crippen LogP contribution >= 0.6 is 0 Å². The summed E-state index contributed by atoms with van der Waals surface area (Å²) >= 11 is 0. The van der Waals surface area contributed by atoms with Crippen molar-refractivity contribution in [1.82, 2.24) is 4.98 Å². The van der Waals surface area contributed by atoms with Crippen molar-refractivity contribution in [2.75, 3.05) is 5.32 Å². The number of pyridine rings is 1. The molecule has 1 heterocycles. The molecule has 0 spiro atoms. The van der Waals surface area contributed by atoms with Crippen molar-refractivity contribution < 1.29 is 9.53 Å². The molecule has 0 aliphatic heterocycles. The Balaban J connectivity index is 1.60. The lowest BCUT2D eigenvalue weighted by Crippen LogP contribution is -2.12. The van der Waals surface area contributed by atoms with Gasteiger partial charge in [0.1, 0.15) is 11.5 Å². The summed E-state index contributed by atoms with van der Waals surface area (Å²) in [5.74, 6) is 1.34. The lowest BCUT2D eigenvalue weighted by Gasteiger charge is -2.11. The van der Waals surface area contributed by atoms with Crippen LogP contribution in [0.1, 0.15) is 15.9 Å². The van der Waals surface area contributed by atoms with E-state index in [1.54, 1.807) is 12.4 Å². The second-order valence-corrected chi connectivity index (χ2v) is 6.29. The highest BCUT2D eigenvalue weighted by atomic mass is 16.5. The standard InChI is InChI=1S/C23H18N2O2/c1-16-5-7-17(8-6-16)23(26)25-22-4-2-3-18-15-20(9-10-21(18)22)27-19-11-13-24-14-12-19/h2-15H,1H3,(H,25,26). The number of carbonyl (C=O) groups excluding carboxylic acids is 1. The van der Waals surface area contributed by atoms with Gasteiger partial charge in [-0.05, 0) is 60.8 Å². The molecule has 0 aliphatic carbocycles. The molecule has 4 aromatic rings. The third-order valence-corrected chi connectivity index (χ3v) is 4.30. The fourth-order valence-corrected chi connectivity index (χ4v) is 2.88. The van der Waals surface area contributed by atoms with Gasteiger partial charge in [0.25, 0.3) is 5.91 Å². The predicted octanol–water partition coefficient (Wildman–Crippen LogP) is 5.59. The minimum atomic E-state index is -0.125. The molecule has 4 rings (SSSR count). The van der Waals surface area contributed by atoms with Crippen LogP contribution < -0.4 is 10.1 Å². The molecule has 1 N–H and O–H groups in total. The third kappa shape index (κ3) is 3.80. The molecule has 0 fully saturated rings. The number of carbonyl (C=O) groups is 1. The molecule has 4 nitrogen and oxygen atoms in total. The van der Waals surface area contributed by atoms with Crippen molar-refractivity contribution in [1.29, 1.82) is 0 Å². The number of aryl methyl sites for hydroxylation is 1. The zero-order chi connectivity index (χ0) is 18.6. The highest BCUT2D eigenvalue weighted by Crippen LogP contribution is 2.29. The Morgan fingerprint density at radius 1 is 0.889 bits per heavy atom. The first kappa shape index (κ1) is 16.8. The number of fused-ring (bicyclic) bond motifs is 1. The number of ether oxygens (including phenoxy) is 1. The van der Waals surface area contributed by atoms with Gasteiger partial charge >= 0.3 is 0 Å². The molecule has 0 unspecified atom stereocenters. The van der Waals surface area contributed by atoms with Gasteiger partial charge in [-0.25, -0.2) is 0 Å². The van der Waals surface area contributed by atoms with Crippen LogP contribution in [0.2, 0.25) is 0 Å². The van der Waals surface area contributed by atoms with Gasteiger partial charge in [0.05, 0.1) is 0 Å². The summed E-state index contributed by atoms with van der Waals surface area (Å²) < 4.78 is 5.86. The molecule has 4 heteroatoms. The number of rotatable bonds is 4. The van der Waals surface area contributed by atoms with Crippen LogP contribution in [0.5, 0.6) is 11.5 Å². The molecule has 132 valence electrons. The normalized spacial score (nSPS) is 10.6. The highest BCUT2D eigenvalue weighted by molar-refractivity contribution is 6.09. The van der Waals surface area contributed by atoms with Gasteiger partial charge in [0.2, 0.25) is 0 Å². The van der Waals surface area contributed by atoms with E-state index >= 15 is 0 Å². The van der Waals surface area contributed by atoms with Crippen LogP contribution in [0.15, 0.2) is 85.2 Å². The Morgan fingerprint density at radius 2 is 1.67 bits per heavy atom. The number of benzene rings is 3. The molecular formula is C23H18N2O2. The van der Waals surface area contributed by atoms with Gasteiger partial charge in [-0.2, -0.15) is 0 Å². The fraction of sp³-hybridized carbons (Fsp3) is 0.0435. The number of hydrogen-bond donors (Lipinski definition) is 1. The van der Waals surface area contributed by atoms with Gasteiger partial charge in [0.15, 0.2) is 0 Å². The topological polar surface area (TPSA) is 51.2 Å². The minimum absolute atomic E-state index is 0.125. The van der Waals surface area contributed by atoms with E-state index in [1.807, 2.05) is 79.7 Å². The summed E-state index contributed by atoms with van der Waals surface area (Å²) in [5, 5.41) is 4.95. The van der Waals surface area contributed by atoms with Crippen molar-refractivity contribution in [3.8, 4) is 11.5 Å². The van der Waals surface area contributed by atoms with Crippen molar-refractivity contribution in [3.05, 3.63) is 96.3 Å². The monoisotopic (exact) mass is 354 g/mol. The Labute approximate surface area is 157 Å². The molecular weight excluding hydrogens is 336 g/mol. The van der Waals surface area contributed by atoms with Crippen LogP contribution in [0.4, 0.5) is 5.69 Å². The average molecular weight is 354 g/mol. The Kier molecular flexibility index (Phi) is 4.54. The molecule has 0 saturated carbocycles. The number of aromatic nitrogens is 1. The van der Waals surface area contributed by atoms with Gasteiger partial charge in [-0.15, -0.1) is 0 Å². The third-order valence-electron chi connectivity index (χ3n) is 4.30. The Hall–Kier alpha value is -3.66. The zero-order valence-electron chi connectivity index (χ0n) is 14.8. The first-order valence-electron chi connectivity index (χ1n) is 8.68. The maximum Gasteiger partial charge on any atom is 0.255 e. The summed E-state index contributed by atoms with van der Waals surface area (Å²) in [6.45, 7) is 2.00. The van der Waals surface area contributed by atoms with Crippen LogP contribution in [0.3, 0.4) is 0 Å². The molecule has 1 aromatic heterocycles. The van der Waals surface area contributed by atoms with E-state index in [9.17, 15) is 4.79 Å². The first-order valence-corrected chi connectivity index (χ1v) is 8.68. The molecule has 3 aromatic carbocycles. The summed E-state index contributed by atoms with van der Waals surface area (Å²) in [6, 6.07) is 22.8. The zero-order valence-corrected chi connectivity index (χ0v) is 14.8. The van der Waals surface area contributed by atoms with Crippen LogP contribution in [0, 0.1) is 6.92 Å². The predicted molar refractivity (Wildman–Crippen MR) is 107 cm³/mol. The minimum Gasteiger partial charge on any atom is -0.457 e.